The van der Waals surface area contributed by atoms with Gasteiger partial charge in [0.25, 0.3) is 17.2 Å². The molecule has 2 amide bonds. The Kier molecular flexibility index (Phi) is 37.9. The number of amides is 2. The van der Waals surface area contributed by atoms with Gasteiger partial charge in [0.15, 0.2) is 38.1 Å². The standard InChI is InChI=1S/C25H25F3N2O6.C15H22ClNO2.C14H13NO7S.C11H11Cl2NO2.C3H8NO5P.C3H9S/c1-5-16-6-7-17(20(12-16)36-15(2)23(32)34-4)14-35-19-10-8-18(9-11-19)30-22(31)13-21(25(26,27)28)29(3)24(30)33;1-5-13-8-6-7-11(2)15(13)17(14(18)9-16)12(3)10-19-4;1-23(21,22)8-5-6-9(10(7-8)15(19)20)14(18)13-11(16)3-2-4-12(13)17;1-7-6-16-9-5-3-2-4-8(9)14(7)11(15)10(12)13;5-3(6)1-4-2-10(7,8)9;1-4(2)3/h6-13,15H,5,14H2,1-4H3;6-8,12H,5,9-10H2,1-4H3;5-7,13H,2-4H2,1H3;2-5,7,10H,6H2,1H3;4H,1-2H2,(H,5,6)(H2,7,8,9);1-3H3/q;;;;;+1/p-1. The maximum atomic E-state index is 13.1. The van der Waals surface area contributed by atoms with Crippen molar-refractivity contribution in [3.05, 3.63) is 174 Å². The van der Waals surface area contributed by atoms with E-state index in [0.717, 1.165) is 72.4 Å². The van der Waals surface area contributed by atoms with Crippen molar-refractivity contribution in [2.75, 3.05) is 81.0 Å². The Morgan fingerprint density at radius 1 is 0.889 bits per heavy atom. The molecule has 2 aliphatic rings. The van der Waals surface area contributed by atoms with Gasteiger partial charge in [0.1, 0.15) is 55.5 Å². The van der Waals surface area contributed by atoms with Gasteiger partial charge in [-0.25, -0.2) is 22.6 Å². The molecule has 3 N–H and O–H groups in total. The van der Waals surface area contributed by atoms with Crippen LogP contribution in [-0.2, 0) is 96.2 Å². The monoisotopic (exact) mass is 1630 g/mol. The van der Waals surface area contributed by atoms with E-state index < -0.39 is 116 Å². The highest BCUT2D eigenvalue weighted by atomic mass is 35.5. The molecular weight excluding hydrogens is 1550 g/mol. The van der Waals surface area contributed by atoms with Gasteiger partial charge in [0, 0.05) is 51.0 Å². The number of para-hydroxylation sites is 3. The second-order valence-electron chi connectivity index (χ2n) is 24.3. The molecule has 592 valence electrons. The number of nitro groups is 1. The van der Waals surface area contributed by atoms with Crippen LogP contribution >= 0.6 is 42.4 Å². The average Bonchev–Trinajstić information content (AvgIpc) is 0.787. The number of sulfone groups is 1. The highest BCUT2D eigenvalue weighted by Crippen LogP contribution is 2.36. The fourth-order valence-corrected chi connectivity index (χ4v) is 11.6. The number of halogens is 6. The number of nitro benzene ring substituents is 1. The highest BCUT2D eigenvalue weighted by molar-refractivity contribution is 7.94. The lowest BCUT2D eigenvalue weighted by atomic mass is 9.81. The number of anilines is 2. The lowest BCUT2D eigenvalue weighted by Crippen LogP contribution is -2.47. The number of carbonyl (C=O) groups is 7. The first-order chi connectivity index (χ1) is 50.4. The van der Waals surface area contributed by atoms with E-state index in [4.69, 9.17) is 68.5 Å². The fourth-order valence-electron chi connectivity index (χ4n) is 10.3. The molecule has 1 aliphatic heterocycles. The zero-order valence-electron chi connectivity index (χ0n) is 61.4. The van der Waals surface area contributed by atoms with Gasteiger partial charge in [-0.3, -0.25) is 53.6 Å². The summed E-state index contributed by atoms with van der Waals surface area (Å²) in [4.78, 5) is 137. The van der Waals surface area contributed by atoms with Gasteiger partial charge in [-0.2, -0.15) is 13.2 Å². The number of carboxylic acid groups (broad SMARTS) is 1. The minimum absolute atomic E-state index is 0.0223. The molecule has 2 heterocycles. The van der Waals surface area contributed by atoms with Crippen LogP contribution in [0.4, 0.5) is 30.2 Å². The molecule has 4 unspecified atom stereocenters. The molecule has 28 nitrogen and oxygen atoms in total. The number of nitrogens with zero attached hydrogens (tertiary/aromatic N) is 5. The van der Waals surface area contributed by atoms with Crippen molar-refractivity contribution >= 4 is 121 Å². The SMILES string of the molecule is CC1COc2ccccc2N1C(=O)C(Cl)Cl.CCc1ccc(COc2ccc(-n3c(=O)cc(C(F)(F)F)n(C)c3=O)cc2)c(OC(C)C(=O)OC)c1.CCc1cccc(C)c1N(C(=O)CCl)C(C)COC.CS(=O)(=O)c1ccc(C(=O)C2C(=O)CCCC2=O)c([N+](=O)[O-])c1.C[S+](C)C.O=C(O)CNCP(=O)([O-])O. The molecule has 1 fully saturated rings. The largest absolute Gasteiger partial charge is 0.778 e. The van der Waals surface area contributed by atoms with Crippen molar-refractivity contribution in [1.29, 1.82) is 0 Å². The number of nitrogens with one attached hydrogen (secondary N) is 1. The maximum Gasteiger partial charge on any atom is 0.431 e. The molecule has 4 atom stereocenters. The second kappa shape index (κ2) is 43.6. The maximum absolute atomic E-state index is 13.1. The Balaban J connectivity index is 0.000000365. The molecule has 0 radical (unpaired) electrons. The summed E-state index contributed by atoms with van der Waals surface area (Å²) < 4.78 is 100. The summed E-state index contributed by atoms with van der Waals surface area (Å²) in [5, 5.41) is 21.1. The Hall–Kier alpha value is -8.50. The Bertz CT molecular complexity index is 4410. The number of fused-ring (bicyclic) bond motifs is 1. The van der Waals surface area contributed by atoms with Crippen LogP contribution in [0.3, 0.4) is 0 Å². The van der Waals surface area contributed by atoms with Crippen LogP contribution in [-0.4, -0.2) is 168 Å². The summed E-state index contributed by atoms with van der Waals surface area (Å²) in [5.41, 5.74) is 0.962. The Morgan fingerprint density at radius 2 is 1.50 bits per heavy atom. The quantitative estimate of drug-likeness (QED) is 0.00786. The van der Waals surface area contributed by atoms with Gasteiger partial charge < -0.3 is 52.9 Å². The van der Waals surface area contributed by atoms with Crippen LogP contribution < -0.4 is 45.5 Å². The topological polar surface area (TPSA) is 386 Å². The summed E-state index contributed by atoms with van der Waals surface area (Å²) in [7, 11) is -3.55. The fraction of sp³-hybridized carbons (Fsp3) is 0.423. The third kappa shape index (κ3) is 28.5. The lowest BCUT2D eigenvalue weighted by Gasteiger charge is -2.35. The number of benzene rings is 5. The van der Waals surface area contributed by atoms with Crippen LogP contribution in [0.5, 0.6) is 17.2 Å². The van der Waals surface area contributed by atoms with Crippen molar-refractivity contribution in [3.8, 4) is 22.9 Å². The van der Waals surface area contributed by atoms with E-state index in [1.807, 2.05) is 87.6 Å². The number of aromatic nitrogens is 2. The number of hydrogen-bond acceptors (Lipinski definition) is 21. The van der Waals surface area contributed by atoms with Crippen molar-refractivity contribution < 1.29 is 103 Å². The predicted octanol–water partition coefficient (Wildman–Crippen LogP) is 9.18. The molecule has 0 saturated heterocycles. The summed E-state index contributed by atoms with van der Waals surface area (Å²) in [6.07, 6.45) is 3.21. The van der Waals surface area contributed by atoms with Crippen LogP contribution in [0.15, 0.2) is 124 Å². The summed E-state index contributed by atoms with van der Waals surface area (Å²) in [5.74, 6) is -4.21. The van der Waals surface area contributed by atoms with Gasteiger partial charge in [0.2, 0.25) is 5.91 Å². The number of methoxy groups -OCH3 is 2. The minimum atomic E-state index is -4.84. The van der Waals surface area contributed by atoms with Crippen LogP contribution in [0, 0.1) is 23.0 Å². The number of carboxylic acids is 1. The van der Waals surface area contributed by atoms with Gasteiger partial charge >= 0.3 is 23.8 Å². The molecule has 6 aromatic rings. The second-order valence-corrected chi connectivity index (χ2v) is 31.7. The number of esters is 1. The zero-order valence-corrected chi connectivity index (χ0v) is 66.2. The number of ether oxygens (including phenoxy) is 5. The van der Waals surface area contributed by atoms with Crippen molar-refractivity contribution in [1.82, 2.24) is 14.5 Å². The number of alkyl halides is 6. The van der Waals surface area contributed by atoms with Crippen molar-refractivity contribution in [3.63, 3.8) is 0 Å². The van der Waals surface area contributed by atoms with Crippen LogP contribution in [0.2, 0.25) is 0 Å². The summed E-state index contributed by atoms with van der Waals surface area (Å²) in [6.45, 7) is 12.1. The number of hydrogen-bond donors (Lipinski definition) is 3. The Morgan fingerprint density at radius 3 is 2.02 bits per heavy atom. The van der Waals surface area contributed by atoms with Crippen LogP contribution in [0.1, 0.15) is 92.2 Å². The van der Waals surface area contributed by atoms with E-state index in [9.17, 15) is 84.3 Å². The third-order valence-electron chi connectivity index (χ3n) is 15.3. The van der Waals surface area contributed by atoms with E-state index in [1.165, 1.54) is 31.4 Å². The van der Waals surface area contributed by atoms with Crippen molar-refractivity contribution in [2.45, 2.75) is 114 Å². The third-order valence-corrected chi connectivity index (χ3v) is 17.7. The molecule has 0 spiro atoms. The highest BCUT2D eigenvalue weighted by Gasteiger charge is 2.40. The van der Waals surface area contributed by atoms with E-state index >= 15 is 0 Å². The van der Waals surface area contributed by atoms with E-state index in [1.54, 1.807) is 23.8 Å². The molecule has 1 aromatic heterocycles. The molecule has 8 rings (SSSR count). The molecule has 108 heavy (non-hydrogen) atoms. The number of aliphatic carboxylic acids is 1. The normalized spacial score (nSPS) is 14.4. The van der Waals surface area contributed by atoms with Gasteiger partial charge in [0.05, 0.1) is 89.8 Å². The van der Waals surface area contributed by atoms with Gasteiger partial charge in [-0.15, -0.1) is 11.6 Å². The first-order valence-corrected chi connectivity index (χ1v) is 40.2. The first kappa shape index (κ1) is 93.7. The first-order valence-electron chi connectivity index (χ1n) is 32.7. The molecule has 5 aromatic carbocycles. The number of Topliss-reactive ketones (excluding diaryl/α,β-unsaturated/α-hetero) is 3. The van der Waals surface area contributed by atoms with Gasteiger partial charge in [-0.05, 0) is 129 Å². The Labute approximate surface area is 640 Å². The smallest absolute Gasteiger partial charge is 0.431 e. The molecule has 1 aliphatic carbocycles. The number of ketones is 3. The zero-order chi connectivity index (χ0) is 81.9. The number of aryl methyl sites for hydroxylation is 3. The average molecular weight is 1630 g/mol. The molecule has 37 heteroatoms. The molecule has 1 saturated carbocycles. The van der Waals surface area contributed by atoms with E-state index in [0.29, 0.717) is 68.5 Å². The van der Waals surface area contributed by atoms with E-state index in [-0.39, 0.29) is 59.8 Å². The van der Waals surface area contributed by atoms with Crippen LogP contribution in [0.25, 0.3) is 5.69 Å². The number of rotatable bonds is 23. The summed E-state index contributed by atoms with van der Waals surface area (Å²) >= 11 is 17.0. The summed E-state index contributed by atoms with van der Waals surface area (Å²) in [6, 6.07) is 27.8. The number of carbonyl (C=O) groups excluding carboxylic acids is 6. The minimum Gasteiger partial charge on any atom is -0.778 e. The van der Waals surface area contributed by atoms with Gasteiger partial charge in [-0.1, -0.05) is 79.5 Å². The predicted molar refractivity (Wildman–Crippen MR) is 402 cm³/mol. The molecule has 0 bridgehead atoms. The lowest BCUT2D eigenvalue weighted by molar-refractivity contribution is -0.385. The van der Waals surface area contributed by atoms with Crippen molar-refractivity contribution in [2.24, 2.45) is 13.0 Å². The molecular formula is C71H87Cl3F3N6O22PS2. The van der Waals surface area contributed by atoms with E-state index in [2.05, 4.69) is 31.8 Å².